The summed E-state index contributed by atoms with van der Waals surface area (Å²) >= 11 is 0. The van der Waals surface area contributed by atoms with Crippen molar-refractivity contribution >= 4 is 11.6 Å². The average Bonchev–Trinajstić information content (AvgIpc) is 2.88. The Hall–Kier alpha value is -2.57. The van der Waals surface area contributed by atoms with E-state index in [1.807, 2.05) is 17.0 Å². The Morgan fingerprint density at radius 1 is 0.938 bits per heavy atom. The fraction of sp³-hybridized carbons (Fsp3) is 0.500. The Morgan fingerprint density at radius 2 is 1.69 bits per heavy atom. The van der Waals surface area contributed by atoms with Crippen LogP contribution in [0.2, 0.25) is 0 Å². The third-order valence-electron chi connectivity index (χ3n) is 6.91. The maximum atomic E-state index is 12.6. The molecule has 1 amide bonds. The van der Waals surface area contributed by atoms with Crippen molar-refractivity contribution in [3.63, 3.8) is 0 Å². The maximum absolute atomic E-state index is 12.6. The number of ether oxygens (including phenoxy) is 2. The monoisotopic (exact) mass is 435 g/mol. The van der Waals surface area contributed by atoms with Gasteiger partial charge in [0, 0.05) is 50.0 Å². The van der Waals surface area contributed by atoms with Crippen LogP contribution in [0.1, 0.15) is 35.2 Å². The number of para-hydroxylation sites is 1. The molecule has 2 aromatic rings. The van der Waals surface area contributed by atoms with E-state index in [1.54, 1.807) is 0 Å². The van der Waals surface area contributed by atoms with E-state index in [0.29, 0.717) is 32.3 Å². The number of hydrogen-bond donors (Lipinski definition) is 1. The molecular formula is C26H33N3O3. The first-order valence-electron chi connectivity index (χ1n) is 12.0. The molecule has 3 heterocycles. The standard InChI is InChI=1S/C26H33N3O3/c30-26(29-15-17-31-18-16-29)21-5-8-23(9-6-21)28-13-11-22(12-14-28)27-19-24-10-7-20-3-1-2-4-25(20)32-24/h1-6,8-9,22,24,27H,7,10-19H2. The lowest BCUT2D eigenvalue weighted by atomic mass is 10.0. The first-order valence-corrected chi connectivity index (χ1v) is 12.0. The van der Waals surface area contributed by atoms with E-state index >= 15 is 0 Å². The van der Waals surface area contributed by atoms with Crippen molar-refractivity contribution in [3.05, 3.63) is 59.7 Å². The number of nitrogens with one attached hydrogen (secondary N) is 1. The minimum atomic E-state index is 0.107. The summed E-state index contributed by atoms with van der Waals surface area (Å²) in [4.78, 5) is 16.9. The van der Waals surface area contributed by atoms with Gasteiger partial charge in [-0.2, -0.15) is 0 Å². The molecule has 6 nitrogen and oxygen atoms in total. The number of anilines is 1. The second-order valence-electron chi connectivity index (χ2n) is 9.01. The van der Waals surface area contributed by atoms with Gasteiger partial charge in [0.2, 0.25) is 0 Å². The molecular weight excluding hydrogens is 402 g/mol. The van der Waals surface area contributed by atoms with Gasteiger partial charge in [0.15, 0.2) is 0 Å². The molecule has 2 aromatic carbocycles. The second kappa shape index (κ2) is 9.92. The number of carbonyl (C=O) groups excluding carboxylic acids is 1. The van der Waals surface area contributed by atoms with E-state index in [4.69, 9.17) is 9.47 Å². The Bertz CT molecular complexity index is 903. The zero-order valence-corrected chi connectivity index (χ0v) is 18.7. The smallest absolute Gasteiger partial charge is 0.254 e. The average molecular weight is 436 g/mol. The molecule has 1 unspecified atom stereocenters. The van der Waals surface area contributed by atoms with E-state index in [2.05, 4.69) is 46.6 Å². The summed E-state index contributed by atoms with van der Waals surface area (Å²) in [7, 11) is 0. The van der Waals surface area contributed by atoms with E-state index in [1.165, 1.54) is 11.3 Å². The molecule has 1 atom stereocenters. The Kier molecular flexibility index (Phi) is 6.60. The minimum absolute atomic E-state index is 0.107. The van der Waals surface area contributed by atoms with Gasteiger partial charge in [0.25, 0.3) is 5.91 Å². The number of amides is 1. The van der Waals surface area contributed by atoms with Crippen molar-refractivity contribution in [2.24, 2.45) is 0 Å². The van der Waals surface area contributed by atoms with E-state index in [-0.39, 0.29) is 12.0 Å². The molecule has 0 bridgehead atoms. The quantitative estimate of drug-likeness (QED) is 0.782. The predicted octanol–water partition coefficient (Wildman–Crippen LogP) is 3.11. The molecule has 2 fully saturated rings. The lowest BCUT2D eigenvalue weighted by Gasteiger charge is -2.35. The Morgan fingerprint density at radius 3 is 2.47 bits per heavy atom. The summed E-state index contributed by atoms with van der Waals surface area (Å²) in [5, 5.41) is 3.74. The summed E-state index contributed by atoms with van der Waals surface area (Å²) in [5.74, 6) is 1.16. The van der Waals surface area contributed by atoms with Gasteiger partial charge in [-0.1, -0.05) is 18.2 Å². The Labute approximate surface area is 190 Å². The van der Waals surface area contributed by atoms with Crippen LogP contribution in [0, 0.1) is 0 Å². The molecule has 0 radical (unpaired) electrons. The van der Waals surface area contributed by atoms with E-state index in [9.17, 15) is 4.79 Å². The van der Waals surface area contributed by atoms with Crippen LogP contribution in [-0.2, 0) is 11.2 Å². The summed E-state index contributed by atoms with van der Waals surface area (Å²) < 4.78 is 11.5. The lowest BCUT2D eigenvalue weighted by Crippen LogP contribution is -2.46. The van der Waals surface area contributed by atoms with Gasteiger partial charge in [-0.15, -0.1) is 0 Å². The second-order valence-corrected chi connectivity index (χ2v) is 9.01. The highest BCUT2D eigenvalue weighted by molar-refractivity contribution is 5.94. The number of morpholine rings is 1. The van der Waals surface area contributed by atoms with Crippen LogP contribution in [0.15, 0.2) is 48.5 Å². The van der Waals surface area contributed by atoms with Gasteiger partial charge in [0.05, 0.1) is 13.2 Å². The van der Waals surface area contributed by atoms with Gasteiger partial charge in [-0.3, -0.25) is 4.79 Å². The first-order chi connectivity index (χ1) is 15.8. The van der Waals surface area contributed by atoms with Gasteiger partial charge < -0.3 is 24.6 Å². The number of hydrogen-bond acceptors (Lipinski definition) is 5. The van der Waals surface area contributed by atoms with Crippen molar-refractivity contribution in [2.75, 3.05) is 50.8 Å². The minimum Gasteiger partial charge on any atom is -0.489 e. The molecule has 3 aliphatic heterocycles. The highest BCUT2D eigenvalue weighted by Gasteiger charge is 2.24. The summed E-state index contributed by atoms with van der Waals surface area (Å²) in [6.07, 6.45) is 4.69. The number of piperidine rings is 1. The summed E-state index contributed by atoms with van der Waals surface area (Å²) in [5.41, 5.74) is 3.30. The van der Waals surface area contributed by atoms with Gasteiger partial charge in [-0.25, -0.2) is 0 Å². The van der Waals surface area contributed by atoms with Gasteiger partial charge in [0.1, 0.15) is 11.9 Å². The Balaban J connectivity index is 1.08. The third-order valence-corrected chi connectivity index (χ3v) is 6.91. The SMILES string of the molecule is O=C(c1ccc(N2CCC(NCC3CCc4ccccc4O3)CC2)cc1)N1CCOCC1. The largest absolute Gasteiger partial charge is 0.489 e. The molecule has 6 heteroatoms. The van der Waals surface area contributed by atoms with Crippen molar-refractivity contribution < 1.29 is 14.3 Å². The highest BCUT2D eigenvalue weighted by atomic mass is 16.5. The maximum Gasteiger partial charge on any atom is 0.254 e. The summed E-state index contributed by atoms with van der Waals surface area (Å²) in [6.45, 7) is 5.60. The van der Waals surface area contributed by atoms with Crippen LogP contribution >= 0.6 is 0 Å². The topological polar surface area (TPSA) is 54.0 Å². The number of aryl methyl sites for hydroxylation is 1. The number of carbonyl (C=O) groups is 1. The van der Waals surface area contributed by atoms with Crippen LogP contribution in [-0.4, -0.2) is 68.9 Å². The van der Waals surface area contributed by atoms with Crippen molar-refractivity contribution in [2.45, 2.75) is 37.8 Å². The molecule has 5 rings (SSSR count). The molecule has 2 saturated heterocycles. The molecule has 32 heavy (non-hydrogen) atoms. The number of benzene rings is 2. The zero-order chi connectivity index (χ0) is 21.8. The third kappa shape index (κ3) is 4.92. The predicted molar refractivity (Wildman–Crippen MR) is 126 cm³/mol. The van der Waals surface area contributed by atoms with Crippen LogP contribution in [0.3, 0.4) is 0 Å². The van der Waals surface area contributed by atoms with E-state index in [0.717, 1.165) is 56.6 Å². The normalized spacial score (nSPS) is 21.7. The summed E-state index contributed by atoms with van der Waals surface area (Å²) in [6, 6.07) is 17.0. The van der Waals surface area contributed by atoms with Crippen LogP contribution in [0.4, 0.5) is 5.69 Å². The van der Waals surface area contributed by atoms with Crippen LogP contribution < -0.4 is 15.0 Å². The fourth-order valence-electron chi connectivity index (χ4n) is 4.93. The lowest BCUT2D eigenvalue weighted by molar-refractivity contribution is 0.0303. The number of nitrogens with zero attached hydrogens (tertiary/aromatic N) is 2. The van der Waals surface area contributed by atoms with Crippen molar-refractivity contribution in [1.82, 2.24) is 10.2 Å². The fourth-order valence-corrected chi connectivity index (χ4v) is 4.93. The van der Waals surface area contributed by atoms with E-state index < -0.39 is 0 Å². The molecule has 3 aliphatic rings. The first kappa shape index (κ1) is 21.3. The van der Waals surface area contributed by atoms with Crippen molar-refractivity contribution in [1.29, 1.82) is 0 Å². The van der Waals surface area contributed by atoms with Crippen molar-refractivity contribution in [3.8, 4) is 5.75 Å². The zero-order valence-electron chi connectivity index (χ0n) is 18.7. The number of fused-ring (bicyclic) bond motifs is 1. The van der Waals surface area contributed by atoms with Crippen LogP contribution in [0.5, 0.6) is 5.75 Å². The van der Waals surface area contributed by atoms with Gasteiger partial charge in [-0.05, 0) is 61.6 Å². The number of rotatable bonds is 5. The molecule has 0 aromatic heterocycles. The van der Waals surface area contributed by atoms with Gasteiger partial charge >= 0.3 is 0 Å². The molecule has 170 valence electrons. The highest BCUT2D eigenvalue weighted by Crippen LogP contribution is 2.27. The molecule has 0 aliphatic carbocycles. The molecule has 0 spiro atoms. The van der Waals surface area contributed by atoms with Crippen LogP contribution in [0.25, 0.3) is 0 Å². The molecule has 1 N–H and O–H groups in total. The molecule has 0 saturated carbocycles.